The van der Waals surface area contributed by atoms with Crippen molar-refractivity contribution >= 4 is 29.3 Å². The fourth-order valence-electron chi connectivity index (χ4n) is 6.07. The van der Waals surface area contributed by atoms with Crippen LogP contribution >= 0.6 is 0 Å². The van der Waals surface area contributed by atoms with Crippen LogP contribution in [0.3, 0.4) is 0 Å². The Bertz CT molecular complexity index is 2210. The van der Waals surface area contributed by atoms with E-state index in [2.05, 4.69) is 0 Å². The molecule has 5 aromatic carbocycles. The lowest BCUT2D eigenvalue weighted by Gasteiger charge is -2.33. The highest BCUT2D eigenvalue weighted by Gasteiger charge is 2.55. The number of ether oxygens (including phenoxy) is 2. The number of hydrogen-bond acceptors (Lipinski definition) is 6. The standard InChI is InChI=1S/C39H27F3N2O6/c1-22-4-10-26(11-5-22)49-28-14-16-29(17-15-28)50-27-12-8-25(9-13-27)44-36(47)31-19-7-24(21-33(31)37(44)48)38(2,39(40,41)42)23-6-18-30-32(20-23)35(46)43(3)34(30)45/h4-21H,1-3H3. The lowest BCUT2D eigenvalue weighted by Crippen LogP contribution is -2.41. The van der Waals surface area contributed by atoms with E-state index < -0.39 is 35.2 Å². The topological polar surface area (TPSA) is 93.2 Å². The van der Waals surface area contributed by atoms with Crippen LogP contribution in [0.4, 0.5) is 18.9 Å². The number of benzene rings is 5. The zero-order valence-electron chi connectivity index (χ0n) is 26.9. The van der Waals surface area contributed by atoms with E-state index in [4.69, 9.17) is 9.47 Å². The van der Waals surface area contributed by atoms with Gasteiger partial charge in [-0.3, -0.25) is 24.1 Å². The fourth-order valence-corrected chi connectivity index (χ4v) is 6.07. The second-order valence-electron chi connectivity index (χ2n) is 12.2. The highest BCUT2D eigenvalue weighted by Crippen LogP contribution is 2.48. The molecule has 8 nitrogen and oxygen atoms in total. The van der Waals surface area contributed by atoms with Crippen LogP contribution in [-0.4, -0.2) is 41.8 Å². The van der Waals surface area contributed by atoms with Crippen LogP contribution in [0.2, 0.25) is 0 Å². The van der Waals surface area contributed by atoms with E-state index in [0.717, 1.165) is 46.6 Å². The summed E-state index contributed by atoms with van der Waals surface area (Å²) >= 11 is 0. The Hall–Kier alpha value is -6.23. The number of carbonyl (C=O) groups is 4. The highest BCUT2D eigenvalue weighted by atomic mass is 19.4. The molecular weight excluding hydrogens is 649 g/mol. The first kappa shape index (κ1) is 32.3. The van der Waals surface area contributed by atoms with Crippen LogP contribution in [0.25, 0.3) is 0 Å². The van der Waals surface area contributed by atoms with Crippen molar-refractivity contribution in [3.05, 3.63) is 148 Å². The number of nitrogens with zero attached hydrogens (tertiary/aromatic N) is 2. The van der Waals surface area contributed by atoms with Crippen LogP contribution in [0.15, 0.2) is 109 Å². The Morgan fingerprint density at radius 1 is 0.520 bits per heavy atom. The molecule has 50 heavy (non-hydrogen) atoms. The van der Waals surface area contributed by atoms with Gasteiger partial charge in [0.25, 0.3) is 23.6 Å². The number of hydrogen-bond donors (Lipinski definition) is 0. The summed E-state index contributed by atoms with van der Waals surface area (Å²) < 4.78 is 56.5. The molecule has 0 fully saturated rings. The number of amides is 4. The van der Waals surface area contributed by atoms with Crippen LogP contribution in [0.5, 0.6) is 23.0 Å². The van der Waals surface area contributed by atoms with Crippen molar-refractivity contribution in [3.8, 4) is 23.0 Å². The van der Waals surface area contributed by atoms with E-state index in [0.29, 0.717) is 23.0 Å². The van der Waals surface area contributed by atoms with Gasteiger partial charge in [-0.25, -0.2) is 4.90 Å². The van der Waals surface area contributed by atoms with E-state index >= 15 is 0 Å². The molecular formula is C39H27F3N2O6. The molecule has 4 amide bonds. The van der Waals surface area contributed by atoms with E-state index in [1.54, 1.807) is 36.4 Å². The van der Waals surface area contributed by atoms with E-state index in [9.17, 15) is 32.3 Å². The van der Waals surface area contributed by atoms with Gasteiger partial charge in [0.1, 0.15) is 28.4 Å². The number of halogens is 3. The predicted octanol–water partition coefficient (Wildman–Crippen LogP) is 8.47. The second-order valence-corrected chi connectivity index (χ2v) is 12.2. The second kappa shape index (κ2) is 11.7. The number of rotatable bonds is 7. The van der Waals surface area contributed by atoms with Gasteiger partial charge in [-0.15, -0.1) is 0 Å². The summed E-state index contributed by atoms with van der Waals surface area (Å²) in [5, 5.41) is 0. The van der Waals surface area contributed by atoms with Crippen molar-refractivity contribution in [1.29, 1.82) is 0 Å². The van der Waals surface area contributed by atoms with Crippen molar-refractivity contribution < 1.29 is 41.8 Å². The molecule has 0 aliphatic carbocycles. The first-order chi connectivity index (χ1) is 23.8. The summed E-state index contributed by atoms with van der Waals surface area (Å²) in [5.41, 5.74) is -2.34. The van der Waals surface area contributed by atoms with Gasteiger partial charge in [0.15, 0.2) is 0 Å². The van der Waals surface area contributed by atoms with Gasteiger partial charge in [0.05, 0.1) is 27.9 Å². The third kappa shape index (κ3) is 5.27. The molecule has 11 heteroatoms. The van der Waals surface area contributed by atoms with Gasteiger partial charge in [-0.2, -0.15) is 13.2 Å². The number of anilines is 1. The molecule has 1 unspecified atom stereocenters. The van der Waals surface area contributed by atoms with Gasteiger partial charge in [-0.05, 0) is 110 Å². The van der Waals surface area contributed by atoms with Crippen molar-refractivity contribution in [3.63, 3.8) is 0 Å². The average Bonchev–Trinajstić information content (AvgIpc) is 3.48. The quantitative estimate of drug-likeness (QED) is 0.161. The van der Waals surface area contributed by atoms with E-state index in [1.165, 1.54) is 31.3 Å². The van der Waals surface area contributed by atoms with E-state index in [1.807, 2.05) is 31.2 Å². The van der Waals surface area contributed by atoms with Gasteiger partial charge >= 0.3 is 6.18 Å². The maximum atomic E-state index is 14.9. The fraction of sp³-hybridized carbons (Fsp3) is 0.128. The Morgan fingerprint density at radius 2 is 0.900 bits per heavy atom. The first-order valence-corrected chi connectivity index (χ1v) is 15.5. The molecule has 0 spiro atoms. The Balaban J connectivity index is 1.11. The lowest BCUT2D eigenvalue weighted by atomic mass is 9.74. The molecule has 7 rings (SSSR count). The maximum absolute atomic E-state index is 14.9. The normalized spacial score (nSPS) is 15.2. The van der Waals surface area contributed by atoms with Crippen molar-refractivity contribution in [2.75, 3.05) is 11.9 Å². The minimum atomic E-state index is -4.89. The number of fused-ring (bicyclic) bond motifs is 2. The van der Waals surface area contributed by atoms with Gasteiger partial charge < -0.3 is 9.47 Å². The SMILES string of the molecule is Cc1ccc(Oc2ccc(Oc3ccc(N4C(=O)c5ccc(C(C)(c6ccc7c(c6)C(=O)N(C)C7=O)C(F)(F)F)cc5C4=O)cc3)cc2)cc1. The molecule has 2 aliphatic heterocycles. The van der Waals surface area contributed by atoms with Crippen molar-refractivity contribution in [2.24, 2.45) is 0 Å². The smallest absolute Gasteiger partial charge is 0.402 e. The molecule has 2 aliphatic rings. The van der Waals surface area contributed by atoms with Crippen molar-refractivity contribution in [1.82, 2.24) is 4.90 Å². The number of aryl methyl sites for hydroxylation is 1. The first-order valence-electron chi connectivity index (χ1n) is 15.5. The number of alkyl halides is 3. The van der Waals surface area contributed by atoms with Crippen LogP contribution in [0.1, 0.15) is 65.0 Å². The zero-order chi connectivity index (χ0) is 35.5. The summed E-state index contributed by atoms with van der Waals surface area (Å²) in [5.74, 6) is -0.541. The largest absolute Gasteiger partial charge is 0.457 e. The molecule has 0 aromatic heterocycles. The average molecular weight is 677 g/mol. The third-order valence-electron chi connectivity index (χ3n) is 9.11. The van der Waals surface area contributed by atoms with Crippen LogP contribution < -0.4 is 14.4 Å². The summed E-state index contributed by atoms with van der Waals surface area (Å²) in [7, 11) is 1.25. The Kier molecular flexibility index (Phi) is 7.58. The minimum absolute atomic E-state index is 0.00829. The zero-order valence-corrected chi connectivity index (χ0v) is 26.9. The predicted molar refractivity (Wildman–Crippen MR) is 177 cm³/mol. The molecule has 0 saturated carbocycles. The third-order valence-corrected chi connectivity index (χ3v) is 9.11. The monoisotopic (exact) mass is 676 g/mol. The maximum Gasteiger partial charge on any atom is 0.402 e. The van der Waals surface area contributed by atoms with Crippen LogP contribution in [-0.2, 0) is 5.41 Å². The molecule has 0 bridgehead atoms. The number of carbonyl (C=O) groups excluding carboxylic acids is 4. The summed E-state index contributed by atoms with van der Waals surface area (Å²) in [4.78, 5) is 53.6. The summed E-state index contributed by atoms with van der Waals surface area (Å²) in [6.45, 7) is 2.92. The number of imide groups is 2. The molecule has 2 heterocycles. The summed E-state index contributed by atoms with van der Waals surface area (Å²) in [6.07, 6.45) is -4.89. The molecule has 250 valence electrons. The molecule has 1 atom stereocenters. The molecule has 0 radical (unpaired) electrons. The lowest BCUT2D eigenvalue weighted by molar-refractivity contribution is -0.173. The van der Waals surface area contributed by atoms with E-state index in [-0.39, 0.29) is 39.1 Å². The van der Waals surface area contributed by atoms with Gasteiger partial charge in [0.2, 0.25) is 0 Å². The molecule has 0 saturated heterocycles. The van der Waals surface area contributed by atoms with Gasteiger partial charge in [-0.1, -0.05) is 29.8 Å². The molecule has 0 N–H and O–H groups in total. The Morgan fingerprint density at radius 3 is 1.38 bits per heavy atom. The van der Waals surface area contributed by atoms with Crippen LogP contribution in [0, 0.1) is 6.92 Å². The van der Waals surface area contributed by atoms with Crippen molar-refractivity contribution in [2.45, 2.75) is 25.4 Å². The highest BCUT2D eigenvalue weighted by molar-refractivity contribution is 6.34. The Labute approximate surface area is 284 Å². The minimum Gasteiger partial charge on any atom is -0.457 e. The molecule has 5 aromatic rings. The van der Waals surface area contributed by atoms with Gasteiger partial charge in [0, 0.05) is 7.05 Å². The summed E-state index contributed by atoms with van der Waals surface area (Å²) in [6, 6.07) is 27.6.